The van der Waals surface area contributed by atoms with Crippen molar-refractivity contribution in [2.45, 2.75) is 25.4 Å². The second-order valence-corrected chi connectivity index (χ2v) is 5.96. The van der Waals surface area contributed by atoms with E-state index in [-0.39, 0.29) is 17.9 Å². The van der Waals surface area contributed by atoms with Crippen LogP contribution in [-0.4, -0.2) is 32.9 Å². The maximum atomic E-state index is 14.2. The Bertz CT molecular complexity index is 857. The molecule has 2 aromatic rings. The van der Waals surface area contributed by atoms with E-state index in [0.717, 1.165) is 6.07 Å². The second-order valence-electron chi connectivity index (χ2n) is 5.96. The van der Waals surface area contributed by atoms with Crippen molar-refractivity contribution >= 4 is 5.97 Å². The number of hydrogen-bond acceptors (Lipinski definition) is 6. The van der Waals surface area contributed by atoms with Gasteiger partial charge in [-0.05, 0) is 31.2 Å². The molecule has 1 aliphatic heterocycles. The van der Waals surface area contributed by atoms with Gasteiger partial charge < -0.3 is 23.7 Å². The normalized spacial score (nSPS) is 21.4. The fraction of sp³-hybridized carbons (Fsp3) is 0.350. The lowest BCUT2D eigenvalue weighted by molar-refractivity contribution is -0.157. The van der Waals surface area contributed by atoms with Crippen LogP contribution in [0.25, 0.3) is 0 Å². The van der Waals surface area contributed by atoms with E-state index in [2.05, 4.69) is 0 Å². The fourth-order valence-corrected chi connectivity index (χ4v) is 3.00. The van der Waals surface area contributed by atoms with Crippen molar-refractivity contribution in [1.82, 2.24) is 0 Å². The number of ether oxygens (including phenoxy) is 5. The minimum Gasteiger partial charge on any atom is -0.497 e. The first-order chi connectivity index (χ1) is 13.5. The third kappa shape index (κ3) is 3.79. The summed E-state index contributed by atoms with van der Waals surface area (Å²) < 4.78 is 54.7. The summed E-state index contributed by atoms with van der Waals surface area (Å²) in [5.41, 5.74) is 0.738. The molecular formula is C20H20F2O6. The van der Waals surface area contributed by atoms with Crippen LogP contribution in [0.4, 0.5) is 8.78 Å². The first-order valence-corrected chi connectivity index (χ1v) is 8.63. The van der Waals surface area contributed by atoms with Crippen LogP contribution < -0.4 is 9.47 Å². The van der Waals surface area contributed by atoms with Gasteiger partial charge in [-0.25, -0.2) is 9.18 Å². The van der Waals surface area contributed by atoms with Crippen molar-refractivity contribution in [2.75, 3.05) is 20.8 Å². The molecule has 0 bridgehead atoms. The van der Waals surface area contributed by atoms with Gasteiger partial charge >= 0.3 is 5.97 Å². The lowest BCUT2D eigenvalue weighted by atomic mass is 10.0. The molecule has 3 rings (SSSR count). The molecule has 0 amide bonds. The van der Waals surface area contributed by atoms with Crippen LogP contribution in [-0.2, 0) is 19.0 Å². The molecule has 150 valence electrons. The SMILES string of the molecule is CCOC(=O)[C@@H]1O[C@H](c2cccc(OC)c2)O[C@H]1c1ccc(F)c(F)c1OC. The number of methoxy groups -OCH3 is 2. The molecule has 0 aliphatic carbocycles. The molecule has 0 aromatic heterocycles. The van der Waals surface area contributed by atoms with Gasteiger partial charge in [-0.15, -0.1) is 0 Å². The number of halogens is 2. The standard InChI is InChI=1S/C20H20F2O6/c1-4-26-19(23)18-17(13-8-9-14(21)15(22)16(13)25-3)27-20(28-18)11-6-5-7-12(10-11)24-2/h5-10,17-18,20H,4H2,1-3H3/t17-,18+,20+/m0/s1. The van der Waals surface area contributed by atoms with E-state index in [1.807, 2.05) is 0 Å². The maximum Gasteiger partial charge on any atom is 0.338 e. The molecular weight excluding hydrogens is 374 g/mol. The van der Waals surface area contributed by atoms with Crippen molar-refractivity contribution in [3.8, 4) is 11.5 Å². The average Bonchev–Trinajstić information content (AvgIpc) is 3.15. The zero-order chi connectivity index (χ0) is 20.3. The summed E-state index contributed by atoms with van der Waals surface area (Å²) in [6.45, 7) is 1.78. The molecule has 0 radical (unpaired) electrons. The average molecular weight is 394 g/mol. The van der Waals surface area contributed by atoms with Crippen LogP contribution >= 0.6 is 0 Å². The fourth-order valence-electron chi connectivity index (χ4n) is 3.00. The van der Waals surface area contributed by atoms with E-state index in [4.69, 9.17) is 23.7 Å². The van der Waals surface area contributed by atoms with E-state index in [1.54, 1.807) is 31.2 Å². The molecule has 1 heterocycles. The van der Waals surface area contributed by atoms with Crippen LogP contribution in [0.5, 0.6) is 11.5 Å². The van der Waals surface area contributed by atoms with E-state index in [0.29, 0.717) is 11.3 Å². The van der Waals surface area contributed by atoms with Gasteiger partial charge in [0, 0.05) is 11.1 Å². The maximum absolute atomic E-state index is 14.2. The molecule has 0 saturated carbocycles. The summed E-state index contributed by atoms with van der Waals surface area (Å²) in [7, 11) is 2.72. The van der Waals surface area contributed by atoms with Crippen molar-refractivity contribution in [3.63, 3.8) is 0 Å². The lowest BCUT2D eigenvalue weighted by Gasteiger charge is -2.18. The first-order valence-electron chi connectivity index (χ1n) is 8.63. The van der Waals surface area contributed by atoms with Gasteiger partial charge in [0.2, 0.25) is 5.82 Å². The van der Waals surface area contributed by atoms with Gasteiger partial charge in [-0.2, -0.15) is 4.39 Å². The number of carbonyl (C=O) groups excluding carboxylic acids is 1. The lowest BCUT2D eigenvalue weighted by Crippen LogP contribution is -2.28. The van der Waals surface area contributed by atoms with Crippen molar-refractivity contribution in [1.29, 1.82) is 0 Å². The second kappa shape index (κ2) is 8.53. The highest BCUT2D eigenvalue weighted by atomic mass is 19.2. The van der Waals surface area contributed by atoms with Gasteiger partial charge in [0.15, 0.2) is 24.0 Å². The molecule has 28 heavy (non-hydrogen) atoms. The number of hydrogen-bond donors (Lipinski definition) is 0. The summed E-state index contributed by atoms with van der Waals surface area (Å²) in [5.74, 6) is -2.70. The summed E-state index contributed by atoms with van der Waals surface area (Å²) >= 11 is 0. The molecule has 2 aromatic carbocycles. The summed E-state index contributed by atoms with van der Waals surface area (Å²) in [6.07, 6.45) is -3.18. The van der Waals surface area contributed by atoms with Gasteiger partial charge in [0.05, 0.1) is 20.8 Å². The summed E-state index contributed by atoms with van der Waals surface area (Å²) in [6, 6.07) is 9.16. The zero-order valence-corrected chi connectivity index (χ0v) is 15.6. The van der Waals surface area contributed by atoms with Crippen molar-refractivity contribution < 1.29 is 37.3 Å². The number of benzene rings is 2. The van der Waals surface area contributed by atoms with Crippen LogP contribution in [0, 0.1) is 11.6 Å². The Labute approximate surface area is 160 Å². The van der Waals surface area contributed by atoms with Gasteiger partial charge in [-0.3, -0.25) is 0 Å². The van der Waals surface area contributed by atoms with E-state index in [1.165, 1.54) is 20.3 Å². The summed E-state index contributed by atoms with van der Waals surface area (Å²) in [4.78, 5) is 12.4. The highest BCUT2D eigenvalue weighted by Crippen LogP contribution is 2.44. The zero-order valence-electron chi connectivity index (χ0n) is 15.6. The predicted octanol–water partition coefficient (Wildman–Crippen LogP) is 3.70. The smallest absolute Gasteiger partial charge is 0.338 e. The molecule has 3 atom stereocenters. The monoisotopic (exact) mass is 394 g/mol. The van der Waals surface area contributed by atoms with Gasteiger partial charge in [-0.1, -0.05) is 12.1 Å². The molecule has 0 unspecified atom stereocenters. The summed E-state index contributed by atoms with van der Waals surface area (Å²) in [5, 5.41) is 0. The van der Waals surface area contributed by atoms with Crippen molar-refractivity contribution in [3.05, 3.63) is 59.2 Å². The largest absolute Gasteiger partial charge is 0.497 e. The quantitative estimate of drug-likeness (QED) is 0.697. The highest BCUT2D eigenvalue weighted by Gasteiger charge is 2.45. The molecule has 1 saturated heterocycles. The first kappa shape index (κ1) is 20.0. The molecule has 0 N–H and O–H groups in total. The Morgan fingerprint density at radius 2 is 1.89 bits per heavy atom. The third-order valence-electron chi connectivity index (χ3n) is 4.29. The van der Waals surface area contributed by atoms with Gasteiger partial charge in [0.25, 0.3) is 0 Å². The molecule has 6 nitrogen and oxygen atoms in total. The number of rotatable bonds is 6. The van der Waals surface area contributed by atoms with Crippen LogP contribution in [0.15, 0.2) is 36.4 Å². The predicted molar refractivity (Wildman–Crippen MR) is 94.0 cm³/mol. The Balaban J connectivity index is 2.00. The Morgan fingerprint density at radius 3 is 2.57 bits per heavy atom. The number of carbonyl (C=O) groups is 1. The van der Waals surface area contributed by atoms with Crippen LogP contribution in [0.3, 0.4) is 0 Å². The van der Waals surface area contributed by atoms with E-state index < -0.39 is 36.1 Å². The molecule has 0 spiro atoms. The Kier molecular flexibility index (Phi) is 6.11. The molecule has 1 aliphatic rings. The molecule has 1 fully saturated rings. The Hall–Kier alpha value is -2.71. The van der Waals surface area contributed by atoms with Crippen LogP contribution in [0.1, 0.15) is 30.4 Å². The van der Waals surface area contributed by atoms with Crippen LogP contribution in [0.2, 0.25) is 0 Å². The van der Waals surface area contributed by atoms with Crippen molar-refractivity contribution in [2.24, 2.45) is 0 Å². The van der Waals surface area contributed by atoms with Gasteiger partial charge in [0.1, 0.15) is 11.9 Å². The van der Waals surface area contributed by atoms with E-state index in [9.17, 15) is 13.6 Å². The highest BCUT2D eigenvalue weighted by molar-refractivity contribution is 5.76. The number of esters is 1. The topological polar surface area (TPSA) is 63.2 Å². The molecule has 8 heteroatoms. The minimum atomic E-state index is -1.19. The Morgan fingerprint density at radius 1 is 1.11 bits per heavy atom. The minimum absolute atomic E-state index is 0.129. The van der Waals surface area contributed by atoms with E-state index >= 15 is 0 Å². The third-order valence-corrected chi connectivity index (χ3v) is 4.29.